The molecule has 8 nitrogen and oxygen atoms in total. The molecular weight excluding hydrogens is 420 g/mol. The van der Waals surface area contributed by atoms with Crippen LogP contribution in [0.25, 0.3) is 0 Å². The van der Waals surface area contributed by atoms with E-state index in [0.717, 1.165) is 24.1 Å². The molecule has 1 fully saturated rings. The summed E-state index contributed by atoms with van der Waals surface area (Å²) >= 11 is 0. The van der Waals surface area contributed by atoms with E-state index in [4.69, 9.17) is 9.47 Å². The Morgan fingerprint density at radius 1 is 1.21 bits per heavy atom. The summed E-state index contributed by atoms with van der Waals surface area (Å²) < 4.78 is 10.8. The molecule has 1 aromatic heterocycles. The summed E-state index contributed by atoms with van der Waals surface area (Å²) in [5.41, 5.74) is 2.75. The predicted molar refractivity (Wildman–Crippen MR) is 127 cm³/mol. The van der Waals surface area contributed by atoms with Gasteiger partial charge < -0.3 is 19.7 Å². The number of aromatic nitrogens is 2. The number of Topliss-reactive ketones (excluding diaryl/α,β-unsaturated/α-hetero) is 1. The summed E-state index contributed by atoms with van der Waals surface area (Å²) in [4.78, 5) is 36.0. The van der Waals surface area contributed by atoms with E-state index < -0.39 is 0 Å². The van der Waals surface area contributed by atoms with Crippen molar-refractivity contribution in [1.29, 1.82) is 0 Å². The van der Waals surface area contributed by atoms with Crippen LogP contribution in [0.1, 0.15) is 54.7 Å². The number of anilines is 2. The second-order valence-electron chi connectivity index (χ2n) is 8.35. The lowest BCUT2D eigenvalue weighted by molar-refractivity contribution is -0.119. The Kier molecular flexibility index (Phi) is 8.77. The molecule has 0 radical (unpaired) electrons. The van der Waals surface area contributed by atoms with Gasteiger partial charge in [0.15, 0.2) is 0 Å². The summed E-state index contributed by atoms with van der Waals surface area (Å²) in [6.45, 7) is 8.37. The van der Waals surface area contributed by atoms with Crippen LogP contribution in [0, 0.1) is 12.8 Å². The molecule has 1 N–H and O–H groups in total. The summed E-state index contributed by atoms with van der Waals surface area (Å²) in [7, 11) is 1.57. The summed E-state index contributed by atoms with van der Waals surface area (Å²) in [5.74, 6) is 1.57. The first kappa shape index (κ1) is 24.6. The van der Waals surface area contributed by atoms with Crippen molar-refractivity contribution >= 4 is 23.3 Å². The highest BCUT2D eigenvalue weighted by atomic mass is 16.5. The molecule has 2 heterocycles. The number of amides is 1. The molecule has 1 amide bonds. The summed E-state index contributed by atoms with van der Waals surface area (Å²) in [5, 5.41) is 3.17. The van der Waals surface area contributed by atoms with Crippen LogP contribution in [0.2, 0.25) is 0 Å². The van der Waals surface area contributed by atoms with Crippen molar-refractivity contribution in [2.24, 2.45) is 5.92 Å². The minimum absolute atomic E-state index is 0.0487. The molecule has 0 spiro atoms. The normalized spacial score (nSPS) is 13.8. The number of ether oxygens (including phenoxy) is 2. The quantitative estimate of drug-likeness (QED) is 0.581. The third-order valence-corrected chi connectivity index (χ3v) is 6.13. The fourth-order valence-corrected chi connectivity index (χ4v) is 3.92. The first-order valence-electron chi connectivity index (χ1n) is 11.6. The molecule has 1 aliphatic heterocycles. The lowest BCUT2D eigenvalue weighted by Crippen LogP contribution is -2.40. The number of ketones is 1. The van der Waals surface area contributed by atoms with Crippen LogP contribution in [0.3, 0.4) is 0 Å². The van der Waals surface area contributed by atoms with Gasteiger partial charge in [-0.1, -0.05) is 26.7 Å². The zero-order valence-corrected chi connectivity index (χ0v) is 20.0. The van der Waals surface area contributed by atoms with Gasteiger partial charge in [-0.2, -0.15) is 0 Å². The second-order valence-corrected chi connectivity index (χ2v) is 8.35. The van der Waals surface area contributed by atoms with Gasteiger partial charge in [0.05, 0.1) is 26.0 Å². The Labute approximate surface area is 195 Å². The molecule has 1 aliphatic rings. The Hall–Kier alpha value is -3.00. The highest BCUT2D eigenvalue weighted by molar-refractivity contribution is 5.96. The second kappa shape index (κ2) is 11.7. The maximum atomic E-state index is 12.9. The molecule has 3 rings (SSSR count). The Morgan fingerprint density at radius 3 is 2.58 bits per heavy atom. The van der Waals surface area contributed by atoms with E-state index in [0.29, 0.717) is 68.0 Å². The van der Waals surface area contributed by atoms with Gasteiger partial charge in [0.25, 0.3) is 5.91 Å². The number of carbonyl (C=O) groups is 2. The fraction of sp³-hybridized carbons (Fsp3) is 0.520. The van der Waals surface area contributed by atoms with Crippen LogP contribution in [0.5, 0.6) is 5.75 Å². The molecule has 0 aliphatic carbocycles. The van der Waals surface area contributed by atoms with Gasteiger partial charge in [0.1, 0.15) is 11.5 Å². The highest BCUT2D eigenvalue weighted by Crippen LogP contribution is 2.28. The number of aryl methyl sites for hydroxylation is 1. The topological polar surface area (TPSA) is 93.7 Å². The molecule has 0 atom stereocenters. The number of carbonyl (C=O) groups excluding carboxylic acids is 2. The van der Waals surface area contributed by atoms with Crippen LogP contribution < -0.4 is 10.1 Å². The van der Waals surface area contributed by atoms with Crippen LogP contribution >= 0.6 is 0 Å². The first-order chi connectivity index (χ1) is 15.9. The number of hydrogen-bond acceptors (Lipinski definition) is 7. The van der Waals surface area contributed by atoms with Gasteiger partial charge in [-0.05, 0) is 36.6 Å². The maximum absolute atomic E-state index is 12.9. The van der Waals surface area contributed by atoms with Crippen LogP contribution in [-0.2, 0) is 16.0 Å². The zero-order chi connectivity index (χ0) is 23.8. The van der Waals surface area contributed by atoms with Gasteiger partial charge in [0.2, 0.25) is 5.95 Å². The Balaban J connectivity index is 1.73. The number of benzene rings is 1. The number of rotatable bonds is 10. The smallest absolute Gasteiger partial charge is 0.254 e. The van der Waals surface area contributed by atoms with Gasteiger partial charge in [-0.15, -0.1) is 0 Å². The number of nitrogens with one attached hydrogen (secondary N) is 1. The van der Waals surface area contributed by atoms with Crippen molar-refractivity contribution in [1.82, 2.24) is 14.9 Å². The van der Waals surface area contributed by atoms with E-state index in [2.05, 4.69) is 29.1 Å². The third kappa shape index (κ3) is 6.51. The van der Waals surface area contributed by atoms with E-state index in [-0.39, 0.29) is 11.7 Å². The Bertz CT molecular complexity index is 969. The SMILES string of the molecule is CCC(CC)CC(=O)Cc1cnc(Nc2cc(C(=O)N3CCOCC3)ccc2OC)nc1C. The average molecular weight is 455 g/mol. The minimum Gasteiger partial charge on any atom is -0.495 e. The van der Waals surface area contributed by atoms with Gasteiger partial charge in [0, 0.05) is 43.4 Å². The standard InChI is InChI=1S/C25H34N4O4/c1-5-18(6-2)13-21(30)14-20-16-26-25(27-17(20)3)28-22-15-19(7-8-23(22)32-4)24(31)29-9-11-33-12-10-29/h7-8,15-16,18H,5-6,9-14H2,1-4H3,(H,26,27,28). The minimum atomic E-state index is -0.0487. The van der Waals surface area contributed by atoms with Gasteiger partial charge >= 0.3 is 0 Å². The monoisotopic (exact) mass is 454 g/mol. The van der Waals surface area contributed by atoms with Crippen molar-refractivity contribution in [3.05, 3.63) is 41.2 Å². The predicted octanol–water partition coefficient (Wildman–Crippen LogP) is 3.95. The molecule has 1 saturated heterocycles. The molecule has 0 unspecified atom stereocenters. The third-order valence-electron chi connectivity index (χ3n) is 6.13. The van der Waals surface area contributed by atoms with Gasteiger partial charge in [-0.3, -0.25) is 9.59 Å². The molecule has 2 aromatic rings. The van der Waals surface area contributed by atoms with E-state index in [9.17, 15) is 9.59 Å². The maximum Gasteiger partial charge on any atom is 0.254 e. The van der Waals surface area contributed by atoms with E-state index in [1.165, 1.54) is 0 Å². The van der Waals surface area contributed by atoms with Crippen LogP contribution in [0.4, 0.5) is 11.6 Å². The number of nitrogens with zero attached hydrogens (tertiary/aromatic N) is 3. The molecular formula is C25H34N4O4. The van der Waals surface area contributed by atoms with Crippen molar-refractivity contribution in [3.8, 4) is 5.75 Å². The van der Waals surface area contributed by atoms with Gasteiger partial charge in [-0.25, -0.2) is 9.97 Å². The zero-order valence-electron chi connectivity index (χ0n) is 20.0. The van der Waals surface area contributed by atoms with E-state index in [1.807, 2.05) is 6.92 Å². The molecule has 0 saturated carbocycles. The average Bonchev–Trinajstić information content (AvgIpc) is 2.84. The van der Waals surface area contributed by atoms with Crippen molar-refractivity contribution in [2.45, 2.75) is 46.5 Å². The summed E-state index contributed by atoms with van der Waals surface area (Å²) in [6, 6.07) is 5.26. The summed E-state index contributed by atoms with van der Waals surface area (Å²) in [6.07, 6.45) is 4.65. The first-order valence-corrected chi connectivity index (χ1v) is 11.6. The largest absolute Gasteiger partial charge is 0.495 e. The number of morpholine rings is 1. The van der Waals surface area contributed by atoms with Crippen LogP contribution in [0.15, 0.2) is 24.4 Å². The lowest BCUT2D eigenvalue weighted by atomic mass is 9.94. The molecule has 178 valence electrons. The fourth-order valence-electron chi connectivity index (χ4n) is 3.92. The Morgan fingerprint density at radius 2 is 1.94 bits per heavy atom. The van der Waals surface area contributed by atoms with Crippen molar-refractivity contribution < 1.29 is 19.1 Å². The lowest BCUT2D eigenvalue weighted by Gasteiger charge is -2.27. The van der Waals surface area contributed by atoms with Crippen molar-refractivity contribution in [3.63, 3.8) is 0 Å². The number of methoxy groups -OCH3 is 1. The highest BCUT2D eigenvalue weighted by Gasteiger charge is 2.20. The molecule has 33 heavy (non-hydrogen) atoms. The van der Waals surface area contributed by atoms with Crippen molar-refractivity contribution in [2.75, 3.05) is 38.7 Å². The molecule has 0 bridgehead atoms. The molecule has 8 heteroatoms. The van der Waals surface area contributed by atoms with E-state index >= 15 is 0 Å². The van der Waals surface area contributed by atoms with Crippen LogP contribution in [-0.4, -0.2) is 60.0 Å². The van der Waals surface area contributed by atoms with E-state index in [1.54, 1.807) is 36.4 Å². The molecule has 1 aromatic carbocycles. The number of hydrogen-bond donors (Lipinski definition) is 1.